The van der Waals surface area contributed by atoms with Gasteiger partial charge in [-0.1, -0.05) is 17.7 Å². The van der Waals surface area contributed by atoms with Gasteiger partial charge in [0.15, 0.2) is 11.5 Å². The van der Waals surface area contributed by atoms with Crippen LogP contribution in [-0.2, 0) is 4.79 Å². The van der Waals surface area contributed by atoms with E-state index in [1.54, 1.807) is 36.4 Å². The topological polar surface area (TPSA) is 184 Å². The van der Waals surface area contributed by atoms with Crippen molar-refractivity contribution >= 4 is 52.8 Å². The van der Waals surface area contributed by atoms with Gasteiger partial charge >= 0.3 is 6.03 Å². The molecular formula is C40H43ClN10O6. The quantitative estimate of drug-likeness (QED) is 0.301. The fraction of sp³-hybridized carbons (Fsp3) is 0.450. The van der Waals surface area contributed by atoms with Crippen LogP contribution in [0.2, 0.25) is 5.02 Å². The number of hydrazine groups is 1. The van der Waals surface area contributed by atoms with Gasteiger partial charge in [0.1, 0.15) is 11.8 Å². The highest BCUT2D eigenvalue weighted by atomic mass is 35.5. The summed E-state index contributed by atoms with van der Waals surface area (Å²) in [5.41, 5.74) is 1.94. The molecule has 1 aromatic heterocycles. The summed E-state index contributed by atoms with van der Waals surface area (Å²) in [5.74, 6) is 0.119. The van der Waals surface area contributed by atoms with Crippen molar-refractivity contribution in [2.75, 3.05) is 62.2 Å². The van der Waals surface area contributed by atoms with Crippen LogP contribution in [-0.4, -0.2) is 119 Å². The number of fused-ring (bicyclic) bond motifs is 1. The zero-order valence-corrected chi connectivity index (χ0v) is 32.1. The molecule has 4 aliphatic heterocycles. The number of amides is 6. The Kier molecular flexibility index (Phi) is 10.9. The zero-order valence-electron chi connectivity index (χ0n) is 31.4. The highest BCUT2D eigenvalue weighted by Crippen LogP contribution is 2.34. The van der Waals surface area contributed by atoms with E-state index in [1.165, 1.54) is 0 Å². The summed E-state index contributed by atoms with van der Waals surface area (Å²) in [6, 6.07) is 15.2. The van der Waals surface area contributed by atoms with Crippen molar-refractivity contribution in [2.45, 2.75) is 57.1 Å². The monoisotopic (exact) mass is 794 g/mol. The molecule has 3 aromatic rings. The minimum atomic E-state index is -0.778. The molecule has 1 saturated carbocycles. The second-order valence-electron chi connectivity index (χ2n) is 15.2. The molecule has 4 fully saturated rings. The molecular weight excluding hydrogens is 752 g/mol. The molecule has 0 atom stereocenters. The summed E-state index contributed by atoms with van der Waals surface area (Å²) in [6.45, 7) is 5.61. The van der Waals surface area contributed by atoms with Gasteiger partial charge < -0.3 is 19.9 Å². The first-order valence-corrected chi connectivity index (χ1v) is 19.9. The first-order chi connectivity index (χ1) is 27.6. The molecule has 0 spiro atoms. The maximum Gasteiger partial charge on any atom is 0.343 e. The van der Waals surface area contributed by atoms with Crippen molar-refractivity contribution in [1.29, 1.82) is 5.26 Å². The van der Waals surface area contributed by atoms with Crippen LogP contribution in [0.4, 0.5) is 16.3 Å². The molecule has 5 aliphatic rings. The van der Waals surface area contributed by atoms with E-state index in [9.17, 15) is 24.0 Å². The number of anilines is 2. The number of carbonyl (C=O) groups excluding carboxylic acids is 5. The number of imide groups is 2. The second-order valence-corrected chi connectivity index (χ2v) is 15.6. The molecule has 57 heavy (non-hydrogen) atoms. The van der Waals surface area contributed by atoms with Crippen molar-refractivity contribution in [1.82, 2.24) is 35.7 Å². The highest BCUT2D eigenvalue weighted by Gasteiger charge is 2.45. The predicted octanol–water partition coefficient (Wildman–Crippen LogP) is 3.61. The number of piperazine rings is 1. The Morgan fingerprint density at radius 2 is 1.65 bits per heavy atom. The van der Waals surface area contributed by atoms with Crippen LogP contribution in [0.25, 0.3) is 0 Å². The van der Waals surface area contributed by atoms with Crippen LogP contribution < -0.4 is 25.2 Å². The SMILES string of the molecule is N#Cc1ccc(OC2CCC(NC(=O)c3ccc(N4CCC(CN5CCN(c6cccc7c6C(=O)N(N6CCC(=O)NC6=O)C7=O)CC5)CC4)nn3)CC2)cc1Cl. The second kappa shape index (κ2) is 16.4. The van der Waals surface area contributed by atoms with Crippen LogP contribution in [0.3, 0.4) is 0 Å². The standard InChI is InChI=1S/C40H43ClN10O6/c41-31-22-29(7-4-26(31)23-42)57-28-8-5-27(6-9-28)43-37(53)32-10-11-34(46-45-32)49-15-12-25(13-16-49)24-47-18-20-48(21-19-47)33-3-1-2-30-36(33)39(55)51(38(30)54)50-17-14-35(52)44-40(50)56/h1-4,7,10-11,22,25,27-28H,5-6,8-9,12-21,24H2,(H,43,53)(H,44,52,56). The third-order valence-corrected chi connectivity index (χ3v) is 11.9. The van der Waals surface area contributed by atoms with Crippen molar-refractivity contribution in [3.63, 3.8) is 0 Å². The number of hydrogen-bond donors (Lipinski definition) is 2. The van der Waals surface area contributed by atoms with Crippen molar-refractivity contribution < 1.29 is 28.7 Å². The van der Waals surface area contributed by atoms with Gasteiger partial charge in [0, 0.05) is 64.3 Å². The molecule has 2 aromatic carbocycles. The molecule has 6 amide bonds. The third kappa shape index (κ3) is 8.08. The number of aromatic nitrogens is 2. The Bertz CT molecular complexity index is 2100. The van der Waals surface area contributed by atoms with Crippen LogP contribution in [0.1, 0.15) is 81.7 Å². The smallest absolute Gasteiger partial charge is 0.343 e. The minimum Gasteiger partial charge on any atom is -0.490 e. The molecule has 0 unspecified atom stereocenters. The Balaban J connectivity index is 0.767. The predicted molar refractivity (Wildman–Crippen MR) is 208 cm³/mol. The molecule has 2 N–H and O–H groups in total. The summed E-state index contributed by atoms with van der Waals surface area (Å²) in [6.07, 6.45) is 5.16. The summed E-state index contributed by atoms with van der Waals surface area (Å²) in [5, 5.41) is 25.3. The van der Waals surface area contributed by atoms with E-state index in [0.29, 0.717) is 52.3 Å². The van der Waals surface area contributed by atoms with E-state index >= 15 is 0 Å². The summed E-state index contributed by atoms with van der Waals surface area (Å²) >= 11 is 6.14. The number of rotatable bonds is 9. The Morgan fingerprint density at radius 3 is 2.33 bits per heavy atom. The molecule has 1 aliphatic carbocycles. The lowest BCUT2D eigenvalue weighted by Gasteiger charge is -2.40. The van der Waals surface area contributed by atoms with Crippen molar-refractivity contribution in [3.05, 3.63) is 75.9 Å². The van der Waals surface area contributed by atoms with Crippen molar-refractivity contribution in [3.8, 4) is 11.8 Å². The average molecular weight is 795 g/mol. The number of urea groups is 1. The van der Waals surface area contributed by atoms with E-state index in [4.69, 9.17) is 21.6 Å². The number of halogens is 1. The van der Waals surface area contributed by atoms with Gasteiger partial charge in [-0.3, -0.25) is 29.4 Å². The van der Waals surface area contributed by atoms with E-state index in [-0.39, 0.29) is 36.6 Å². The van der Waals surface area contributed by atoms with Gasteiger partial charge in [0.2, 0.25) is 5.91 Å². The molecule has 16 nitrogen and oxygen atoms in total. The summed E-state index contributed by atoms with van der Waals surface area (Å²) in [4.78, 5) is 70.7. The van der Waals surface area contributed by atoms with E-state index in [0.717, 1.165) is 87.1 Å². The average Bonchev–Trinajstić information content (AvgIpc) is 3.48. The lowest BCUT2D eigenvalue weighted by atomic mass is 9.93. The van der Waals surface area contributed by atoms with Gasteiger partial charge in [-0.15, -0.1) is 10.2 Å². The lowest BCUT2D eigenvalue weighted by molar-refractivity contribution is -0.122. The third-order valence-electron chi connectivity index (χ3n) is 11.6. The minimum absolute atomic E-state index is 0.00976. The fourth-order valence-corrected chi connectivity index (χ4v) is 8.63. The van der Waals surface area contributed by atoms with Gasteiger partial charge in [-0.05, 0) is 80.8 Å². The Hall–Kier alpha value is -5.79. The fourth-order valence-electron chi connectivity index (χ4n) is 8.42. The molecule has 8 rings (SSSR count). The number of nitriles is 1. The highest BCUT2D eigenvalue weighted by molar-refractivity contribution is 6.31. The van der Waals surface area contributed by atoms with Crippen LogP contribution in [0.5, 0.6) is 5.75 Å². The van der Waals surface area contributed by atoms with Crippen LogP contribution in [0, 0.1) is 17.2 Å². The molecule has 17 heteroatoms. The summed E-state index contributed by atoms with van der Waals surface area (Å²) < 4.78 is 6.07. The molecule has 5 heterocycles. The molecule has 0 radical (unpaired) electrons. The first-order valence-electron chi connectivity index (χ1n) is 19.5. The van der Waals surface area contributed by atoms with Crippen LogP contribution >= 0.6 is 11.6 Å². The van der Waals surface area contributed by atoms with Gasteiger partial charge in [-0.2, -0.15) is 10.3 Å². The normalized spacial score (nSPS) is 22.0. The Labute approximate surface area is 334 Å². The first kappa shape index (κ1) is 38.1. The Morgan fingerprint density at radius 1 is 0.877 bits per heavy atom. The number of ether oxygens (including phenoxy) is 1. The number of nitrogens with zero attached hydrogens (tertiary/aromatic N) is 8. The number of benzene rings is 2. The number of carbonyl (C=O) groups is 5. The van der Waals surface area contributed by atoms with E-state index in [2.05, 4.69) is 35.5 Å². The van der Waals surface area contributed by atoms with Crippen molar-refractivity contribution in [2.24, 2.45) is 5.92 Å². The van der Waals surface area contributed by atoms with Gasteiger partial charge in [-0.25, -0.2) is 9.80 Å². The van der Waals surface area contributed by atoms with Crippen LogP contribution in [0.15, 0.2) is 48.5 Å². The summed E-state index contributed by atoms with van der Waals surface area (Å²) in [7, 11) is 0. The molecule has 3 saturated heterocycles. The zero-order chi connectivity index (χ0) is 39.6. The molecule has 0 bridgehead atoms. The van der Waals surface area contributed by atoms with E-state index < -0.39 is 23.8 Å². The van der Waals surface area contributed by atoms with E-state index in [1.807, 2.05) is 18.2 Å². The maximum atomic E-state index is 13.6. The number of nitrogens with one attached hydrogen (secondary N) is 2. The maximum absolute atomic E-state index is 13.6. The molecule has 296 valence electrons. The largest absolute Gasteiger partial charge is 0.490 e. The van der Waals surface area contributed by atoms with Gasteiger partial charge in [0.05, 0.1) is 40.0 Å². The number of piperidine rings is 1. The lowest BCUT2D eigenvalue weighted by Crippen LogP contribution is -2.58. The van der Waals surface area contributed by atoms with Gasteiger partial charge in [0.25, 0.3) is 17.7 Å². The number of hydrogen-bond acceptors (Lipinski definition) is 12.